The number of carboxylic acid groups (broad SMARTS) is 2. The number of aliphatic carboxylic acids is 1. The standard InChI is InChI=1S/C34H41NO6/c36-33(37)8-4-1-5-26(23-27-14-17-31(18-15-27)34(38)39)13-16-30-6-2-3-7-32(30)41-25-29-11-9-28(10-12-29)24-35-19-21-40-22-20-35/h2-3,6-7,9-12,14-15,17-18,26H,1,4-5,8,13,16,19-25H2,(H,36,37)(H,38,39). The Labute approximate surface area is 242 Å². The molecule has 0 radical (unpaired) electrons. The summed E-state index contributed by atoms with van der Waals surface area (Å²) in [6.07, 6.45) is 5.24. The lowest BCUT2D eigenvalue weighted by atomic mass is 9.88. The molecule has 1 atom stereocenters. The highest BCUT2D eigenvalue weighted by atomic mass is 16.5. The van der Waals surface area contributed by atoms with Crippen LogP contribution in [-0.2, 0) is 35.5 Å². The zero-order chi connectivity index (χ0) is 28.9. The highest BCUT2D eigenvalue weighted by Crippen LogP contribution is 2.26. The maximum absolute atomic E-state index is 11.2. The molecule has 0 aromatic heterocycles. The Kier molecular flexibility index (Phi) is 11.8. The molecule has 3 aromatic carbocycles. The second kappa shape index (κ2) is 15.9. The van der Waals surface area contributed by atoms with E-state index in [0.29, 0.717) is 18.9 Å². The van der Waals surface area contributed by atoms with E-state index < -0.39 is 11.9 Å². The first kappa shape index (κ1) is 30.3. The van der Waals surface area contributed by atoms with E-state index in [4.69, 9.17) is 14.6 Å². The molecule has 218 valence electrons. The third-order valence-electron chi connectivity index (χ3n) is 7.70. The first-order valence-electron chi connectivity index (χ1n) is 14.6. The summed E-state index contributed by atoms with van der Waals surface area (Å²) in [4.78, 5) is 24.6. The smallest absolute Gasteiger partial charge is 0.335 e. The molecule has 1 fully saturated rings. The van der Waals surface area contributed by atoms with Gasteiger partial charge in [-0.05, 0) is 72.1 Å². The number of rotatable bonds is 16. The molecule has 7 heteroatoms. The molecule has 0 saturated carbocycles. The minimum absolute atomic E-state index is 0.185. The molecule has 4 rings (SSSR count). The van der Waals surface area contributed by atoms with Crippen molar-refractivity contribution >= 4 is 11.9 Å². The molecule has 1 unspecified atom stereocenters. The molecule has 1 heterocycles. The predicted octanol–water partition coefficient (Wildman–Crippen LogP) is 6.23. The van der Waals surface area contributed by atoms with Crippen LogP contribution in [0.25, 0.3) is 0 Å². The fourth-order valence-electron chi connectivity index (χ4n) is 5.30. The first-order chi connectivity index (χ1) is 20.0. The van der Waals surface area contributed by atoms with Gasteiger partial charge in [-0.15, -0.1) is 0 Å². The van der Waals surface area contributed by atoms with Crippen LogP contribution in [0, 0.1) is 5.92 Å². The number of aryl methyl sites for hydroxylation is 1. The summed E-state index contributed by atoms with van der Waals surface area (Å²) in [5.41, 5.74) is 4.97. The number of morpholine rings is 1. The fraction of sp³-hybridized carbons (Fsp3) is 0.412. The maximum Gasteiger partial charge on any atom is 0.335 e. The van der Waals surface area contributed by atoms with Gasteiger partial charge in [-0.2, -0.15) is 0 Å². The van der Waals surface area contributed by atoms with Crippen molar-refractivity contribution in [2.24, 2.45) is 5.92 Å². The molecular formula is C34H41NO6. The number of para-hydroxylation sites is 1. The monoisotopic (exact) mass is 559 g/mol. The molecular weight excluding hydrogens is 518 g/mol. The zero-order valence-corrected chi connectivity index (χ0v) is 23.7. The third-order valence-corrected chi connectivity index (χ3v) is 7.70. The highest BCUT2D eigenvalue weighted by molar-refractivity contribution is 5.87. The van der Waals surface area contributed by atoms with Gasteiger partial charge in [-0.3, -0.25) is 9.69 Å². The molecule has 1 aliphatic heterocycles. The van der Waals surface area contributed by atoms with Crippen molar-refractivity contribution < 1.29 is 29.3 Å². The first-order valence-corrected chi connectivity index (χ1v) is 14.6. The number of hydrogen-bond donors (Lipinski definition) is 2. The van der Waals surface area contributed by atoms with Crippen LogP contribution in [0.1, 0.15) is 64.7 Å². The van der Waals surface area contributed by atoms with Gasteiger partial charge in [-0.1, -0.05) is 67.4 Å². The van der Waals surface area contributed by atoms with Crippen LogP contribution in [0.3, 0.4) is 0 Å². The zero-order valence-electron chi connectivity index (χ0n) is 23.7. The number of hydrogen-bond acceptors (Lipinski definition) is 5. The molecule has 0 spiro atoms. The van der Waals surface area contributed by atoms with Crippen molar-refractivity contribution in [1.82, 2.24) is 4.90 Å². The Morgan fingerprint density at radius 1 is 0.829 bits per heavy atom. The van der Waals surface area contributed by atoms with E-state index in [1.165, 1.54) is 5.56 Å². The summed E-state index contributed by atoms with van der Waals surface area (Å²) < 4.78 is 11.7. The highest BCUT2D eigenvalue weighted by Gasteiger charge is 2.14. The van der Waals surface area contributed by atoms with Gasteiger partial charge in [0.1, 0.15) is 12.4 Å². The van der Waals surface area contributed by atoms with Crippen molar-refractivity contribution in [3.05, 3.63) is 101 Å². The molecule has 1 saturated heterocycles. The van der Waals surface area contributed by atoms with Crippen LogP contribution in [0.4, 0.5) is 0 Å². The summed E-state index contributed by atoms with van der Waals surface area (Å²) in [5, 5.41) is 18.2. The summed E-state index contributed by atoms with van der Waals surface area (Å²) in [7, 11) is 0. The number of benzene rings is 3. The van der Waals surface area contributed by atoms with Crippen LogP contribution < -0.4 is 4.74 Å². The van der Waals surface area contributed by atoms with Crippen LogP contribution in [0.15, 0.2) is 72.8 Å². The Hall–Kier alpha value is -3.68. The number of nitrogens with zero attached hydrogens (tertiary/aromatic N) is 1. The van der Waals surface area contributed by atoms with Gasteiger partial charge in [0.15, 0.2) is 0 Å². The molecule has 1 aliphatic rings. The molecule has 2 N–H and O–H groups in total. The average molecular weight is 560 g/mol. The van der Waals surface area contributed by atoms with Gasteiger partial charge in [0.25, 0.3) is 0 Å². The Morgan fingerprint density at radius 3 is 2.22 bits per heavy atom. The van der Waals surface area contributed by atoms with E-state index in [-0.39, 0.29) is 12.0 Å². The Balaban J connectivity index is 1.33. The summed E-state index contributed by atoms with van der Waals surface area (Å²) in [5.74, 6) is -0.446. The fourth-order valence-corrected chi connectivity index (χ4v) is 5.30. The second-order valence-corrected chi connectivity index (χ2v) is 10.9. The Bertz CT molecular complexity index is 1230. The van der Waals surface area contributed by atoms with E-state index >= 15 is 0 Å². The van der Waals surface area contributed by atoms with E-state index in [0.717, 1.165) is 87.4 Å². The summed E-state index contributed by atoms with van der Waals surface area (Å²) in [6.45, 7) is 4.99. The normalized spacial score (nSPS) is 14.4. The molecule has 7 nitrogen and oxygen atoms in total. The number of ether oxygens (including phenoxy) is 2. The van der Waals surface area contributed by atoms with Crippen LogP contribution in [0.5, 0.6) is 5.75 Å². The average Bonchev–Trinajstić information content (AvgIpc) is 2.98. The summed E-state index contributed by atoms with van der Waals surface area (Å²) >= 11 is 0. The number of unbranched alkanes of at least 4 members (excludes halogenated alkanes) is 1. The maximum atomic E-state index is 11.2. The quantitative estimate of drug-likeness (QED) is 0.201. The van der Waals surface area contributed by atoms with Gasteiger partial charge in [-0.25, -0.2) is 4.79 Å². The van der Waals surface area contributed by atoms with E-state index in [1.807, 2.05) is 30.3 Å². The van der Waals surface area contributed by atoms with Crippen molar-refractivity contribution in [2.45, 2.75) is 58.1 Å². The SMILES string of the molecule is O=C(O)CCCCC(CCc1ccccc1OCc1ccc(CN2CCOCC2)cc1)Cc1ccc(C(=O)O)cc1. The van der Waals surface area contributed by atoms with Crippen molar-refractivity contribution in [3.8, 4) is 5.75 Å². The molecule has 3 aromatic rings. The van der Waals surface area contributed by atoms with Gasteiger partial charge in [0.05, 0.1) is 18.8 Å². The minimum Gasteiger partial charge on any atom is -0.489 e. The number of carboxylic acids is 2. The number of carbonyl (C=O) groups is 2. The van der Waals surface area contributed by atoms with Crippen molar-refractivity contribution in [2.75, 3.05) is 26.3 Å². The van der Waals surface area contributed by atoms with E-state index in [1.54, 1.807) is 12.1 Å². The number of aromatic carboxylic acids is 1. The molecule has 0 aliphatic carbocycles. The Morgan fingerprint density at radius 2 is 1.51 bits per heavy atom. The molecule has 41 heavy (non-hydrogen) atoms. The minimum atomic E-state index is -0.928. The van der Waals surface area contributed by atoms with Crippen molar-refractivity contribution in [1.29, 1.82) is 0 Å². The van der Waals surface area contributed by atoms with Crippen LogP contribution >= 0.6 is 0 Å². The van der Waals surface area contributed by atoms with Gasteiger partial charge in [0.2, 0.25) is 0 Å². The van der Waals surface area contributed by atoms with Gasteiger partial charge < -0.3 is 19.7 Å². The largest absolute Gasteiger partial charge is 0.489 e. The lowest BCUT2D eigenvalue weighted by Gasteiger charge is -2.26. The lowest BCUT2D eigenvalue weighted by Crippen LogP contribution is -2.35. The van der Waals surface area contributed by atoms with Crippen LogP contribution in [0.2, 0.25) is 0 Å². The molecule has 0 bridgehead atoms. The third kappa shape index (κ3) is 10.3. The van der Waals surface area contributed by atoms with Gasteiger partial charge in [0, 0.05) is 26.1 Å². The van der Waals surface area contributed by atoms with E-state index in [2.05, 4.69) is 35.2 Å². The lowest BCUT2D eigenvalue weighted by molar-refractivity contribution is -0.137. The molecule has 0 amide bonds. The van der Waals surface area contributed by atoms with Gasteiger partial charge >= 0.3 is 11.9 Å². The second-order valence-electron chi connectivity index (χ2n) is 10.9. The predicted molar refractivity (Wildman–Crippen MR) is 158 cm³/mol. The van der Waals surface area contributed by atoms with Crippen molar-refractivity contribution in [3.63, 3.8) is 0 Å². The van der Waals surface area contributed by atoms with E-state index in [9.17, 15) is 14.7 Å². The topological polar surface area (TPSA) is 96.3 Å². The summed E-state index contributed by atoms with van der Waals surface area (Å²) in [6, 6.07) is 23.9. The van der Waals surface area contributed by atoms with Crippen LogP contribution in [-0.4, -0.2) is 53.4 Å².